The van der Waals surface area contributed by atoms with Crippen molar-refractivity contribution in [1.29, 1.82) is 0 Å². The number of rotatable bonds is 3. The van der Waals surface area contributed by atoms with Crippen molar-refractivity contribution in [3.63, 3.8) is 0 Å². The Morgan fingerprint density at radius 3 is 1.97 bits per heavy atom. The first kappa shape index (κ1) is 30.5. The number of aliphatic carboxylic acids is 2. The highest BCUT2D eigenvalue weighted by molar-refractivity contribution is 5.81. The first-order valence-electron chi connectivity index (χ1n) is 11.0. The van der Waals surface area contributed by atoms with E-state index in [4.69, 9.17) is 19.8 Å². The molecule has 10 nitrogen and oxygen atoms in total. The molecule has 2 aliphatic heterocycles. The Bertz CT molecular complexity index is 1070. The van der Waals surface area contributed by atoms with Crippen LogP contribution in [0, 0.1) is 0 Å². The number of carbonyl (C=O) groups excluding carboxylic acids is 1. The predicted molar refractivity (Wildman–Crippen MR) is 118 cm³/mol. The van der Waals surface area contributed by atoms with E-state index in [0.717, 1.165) is 32.5 Å². The second-order valence-electron chi connectivity index (χ2n) is 8.65. The number of hydrogen-bond acceptors (Lipinski definition) is 6. The fourth-order valence-corrected chi connectivity index (χ4v) is 4.18. The van der Waals surface area contributed by atoms with E-state index in [1.54, 1.807) is 0 Å². The molecule has 0 radical (unpaired) electrons. The smallest absolute Gasteiger partial charge is 0.475 e. The number of halogens is 6. The van der Waals surface area contributed by atoms with Crippen molar-refractivity contribution in [2.75, 3.05) is 13.1 Å². The topological polar surface area (TPSA) is 138 Å². The van der Waals surface area contributed by atoms with E-state index < -0.39 is 24.3 Å². The van der Waals surface area contributed by atoms with Gasteiger partial charge in [0.05, 0.1) is 6.20 Å². The summed E-state index contributed by atoms with van der Waals surface area (Å²) < 4.78 is 65.3. The molecule has 4 heterocycles. The maximum Gasteiger partial charge on any atom is 0.490 e. The molecule has 2 aromatic heterocycles. The minimum atomic E-state index is -5.08. The highest BCUT2D eigenvalue weighted by atomic mass is 19.4. The minimum absolute atomic E-state index is 0.102. The molecule has 3 N–H and O–H groups in total. The zero-order valence-electron chi connectivity index (χ0n) is 20.0. The molecule has 16 heteroatoms. The number of nitrogens with zero attached hydrogens (tertiary/aromatic N) is 4. The first-order chi connectivity index (χ1) is 17.5. The molecule has 2 aromatic rings. The molecular weight excluding hydrogens is 528 g/mol. The van der Waals surface area contributed by atoms with Crippen molar-refractivity contribution in [2.24, 2.45) is 7.05 Å². The van der Waals surface area contributed by atoms with Crippen LogP contribution in [0.15, 0.2) is 36.9 Å². The SMILES string of the molecule is Cn1cc(C2CC(=O)NC23CCN(Cc2ccncc2)CC3)cn1.O=C(O)C(F)(F)F.O=C(O)C(F)(F)F. The van der Waals surface area contributed by atoms with Crippen LogP contribution in [0.25, 0.3) is 0 Å². The van der Waals surface area contributed by atoms with E-state index in [-0.39, 0.29) is 17.4 Å². The van der Waals surface area contributed by atoms with Crippen LogP contribution in [0.3, 0.4) is 0 Å². The van der Waals surface area contributed by atoms with Gasteiger partial charge < -0.3 is 15.5 Å². The first-order valence-corrected chi connectivity index (χ1v) is 11.0. The lowest BCUT2D eigenvalue weighted by atomic mass is 9.75. The van der Waals surface area contributed by atoms with Gasteiger partial charge >= 0.3 is 24.3 Å². The number of hydrogen-bond donors (Lipinski definition) is 3. The maximum atomic E-state index is 12.1. The Hall–Kier alpha value is -3.69. The Morgan fingerprint density at radius 1 is 1.05 bits per heavy atom. The lowest BCUT2D eigenvalue weighted by Gasteiger charge is -2.42. The molecule has 1 spiro atoms. The van der Waals surface area contributed by atoms with Crippen LogP contribution in [-0.2, 0) is 28.0 Å². The van der Waals surface area contributed by atoms with Gasteiger partial charge in [0.25, 0.3) is 0 Å². The molecule has 38 heavy (non-hydrogen) atoms. The second-order valence-corrected chi connectivity index (χ2v) is 8.65. The van der Waals surface area contributed by atoms with Crippen LogP contribution < -0.4 is 5.32 Å². The number of aryl methyl sites for hydroxylation is 1. The molecule has 0 bridgehead atoms. The summed E-state index contributed by atoms with van der Waals surface area (Å²) in [4.78, 5) is 36.5. The Morgan fingerprint density at radius 2 is 1.55 bits per heavy atom. The molecule has 2 saturated heterocycles. The fourth-order valence-electron chi connectivity index (χ4n) is 4.18. The van der Waals surface area contributed by atoms with Gasteiger partial charge in [-0.05, 0) is 36.1 Å². The summed E-state index contributed by atoms with van der Waals surface area (Å²) in [6, 6.07) is 4.14. The van der Waals surface area contributed by atoms with Crippen LogP contribution in [0.5, 0.6) is 0 Å². The summed E-state index contributed by atoms with van der Waals surface area (Å²) in [5, 5.41) is 21.8. The van der Waals surface area contributed by atoms with Crippen LogP contribution >= 0.6 is 0 Å². The number of piperidine rings is 1. The van der Waals surface area contributed by atoms with Crippen molar-refractivity contribution < 1.29 is 50.9 Å². The third-order valence-corrected chi connectivity index (χ3v) is 5.96. The molecule has 210 valence electrons. The van der Waals surface area contributed by atoms with E-state index in [2.05, 4.69) is 38.6 Å². The number of aromatic nitrogens is 3. The zero-order valence-corrected chi connectivity index (χ0v) is 20.0. The van der Waals surface area contributed by atoms with E-state index in [0.29, 0.717) is 6.42 Å². The van der Waals surface area contributed by atoms with Gasteiger partial charge in [-0.3, -0.25) is 19.4 Å². The standard InChI is InChI=1S/C18H23N5O.2C2HF3O2/c1-22-13-15(11-20-22)16-10-17(24)21-18(16)4-8-23(9-5-18)12-14-2-6-19-7-3-14;2*3-2(4,5)1(6)7/h2-3,6-7,11,13,16H,4-5,8-10,12H2,1H3,(H,21,24);2*(H,6,7). The van der Waals surface area contributed by atoms with Gasteiger partial charge in [-0.2, -0.15) is 31.4 Å². The maximum absolute atomic E-state index is 12.1. The number of likely N-dealkylation sites (tertiary alicyclic amines) is 1. The third kappa shape index (κ3) is 8.71. The highest BCUT2D eigenvalue weighted by Gasteiger charge is 2.49. The molecule has 0 saturated carbocycles. The van der Waals surface area contributed by atoms with E-state index >= 15 is 0 Å². The van der Waals surface area contributed by atoms with Gasteiger partial charge in [-0.1, -0.05) is 0 Å². The molecule has 1 atom stereocenters. The minimum Gasteiger partial charge on any atom is -0.475 e. The van der Waals surface area contributed by atoms with E-state index in [1.165, 1.54) is 11.1 Å². The predicted octanol–water partition coefficient (Wildman–Crippen LogP) is 2.72. The molecule has 1 amide bonds. The van der Waals surface area contributed by atoms with Crippen molar-refractivity contribution in [2.45, 2.75) is 49.6 Å². The normalized spacial score (nSPS) is 19.0. The van der Waals surface area contributed by atoms with Crippen LogP contribution in [0.2, 0.25) is 0 Å². The van der Waals surface area contributed by atoms with Gasteiger partial charge in [0, 0.05) is 63.2 Å². The lowest BCUT2D eigenvalue weighted by molar-refractivity contribution is -0.193. The van der Waals surface area contributed by atoms with Crippen LogP contribution in [0.1, 0.15) is 36.3 Å². The number of nitrogens with one attached hydrogen (secondary N) is 1. The summed E-state index contributed by atoms with van der Waals surface area (Å²) in [5.41, 5.74) is 2.37. The summed E-state index contributed by atoms with van der Waals surface area (Å²) in [6.07, 6.45) is 0.0433. The third-order valence-electron chi connectivity index (χ3n) is 5.96. The fraction of sp³-hybridized carbons (Fsp3) is 0.500. The monoisotopic (exact) mass is 553 g/mol. The molecule has 1 unspecified atom stereocenters. The molecule has 2 fully saturated rings. The van der Waals surface area contributed by atoms with Gasteiger partial charge in [-0.15, -0.1) is 0 Å². The molecule has 0 aliphatic carbocycles. The Labute approximate surface area is 212 Å². The van der Waals surface area contributed by atoms with Crippen molar-refractivity contribution in [1.82, 2.24) is 25.0 Å². The number of carbonyl (C=O) groups is 3. The van der Waals surface area contributed by atoms with Crippen LogP contribution in [-0.4, -0.2) is 78.7 Å². The van der Waals surface area contributed by atoms with Crippen molar-refractivity contribution >= 4 is 17.8 Å². The van der Waals surface area contributed by atoms with Crippen LogP contribution in [0.4, 0.5) is 26.3 Å². The average Bonchev–Trinajstić information content (AvgIpc) is 3.38. The Balaban J connectivity index is 0.000000301. The summed E-state index contributed by atoms with van der Waals surface area (Å²) in [7, 11) is 1.93. The van der Waals surface area contributed by atoms with Gasteiger partial charge in [0.15, 0.2) is 0 Å². The summed E-state index contributed by atoms with van der Waals surface area (Å²) in [6.45, 7) is 2.95. The Kier molecular flexibility index (Phi) is 9.83. The number of pyridine rings is 1. The second kappa shape index (κ2) is 12.2. The molecular formula is C22H25F6N5O5. The number of alkyl halides is 6. The molecule has 4 rings (SSSR count). The average molecular weight is 553 g/mol. The van der Waals surface area contributed by atoms with Gasteiger partial charge in [-0.25, -0.2) is 9.59 Å². The number of carboxylic acid groups (broad SMARTS) is 2. The molecule has 2 aliphatic rings. The van der Waals surface area contributed by atoms with Crippen molar-refractivity contribution in [3.8, 4) is 0 Å². The highest BCUT2D eigenvalue weighted by Crippen LogP contribution is 2.43. The lowest BCUT2D eigenvalue weighted by Crippen LogP contribution is -2.53. The quantitative estimate of drug-likeness (QED) is 0.494. The summed E-state index contributed by atoms with van der Waals surface area (Å²) in [5.74, 6) is -5.10. The molecule has 0 aromatic carbocycles. The largest absolute Gasteiger partial charge is 0.490 e. The van der Waals surface area contributed by atoms with Gasteiger partial charge in [0.1, 0.15) is 0 Å². The van der Waals surface area contributed by atoms with E-state index in [9.17, 15) is 31.1 Å². The van der Waals surface area contributed by atoms with Crippen molar-refractivity contribution in [3.05, 3.63) is 48.0 Å². The summed E-state index contributed by atoms with van der Waals surface area (Å²) >= 11 is 0. The number of amides is 1. The van der Waals surface area contributed by atoms with E-state index in [1.807, 2.05) is 30.3 Å². The van der Waals surface area contributed by atoms with Gasteiger partial charge in [0.2, 0.25) is 5.91 Å². The number of carboxylic acids is 2. The zero-order chi connectivity index (χ0) is 28.7.